The topological polar surface area (TPSA) is 72.1 Å². The number of carbonyl (C=O) groups excluding carboxylic acids is 1. The number of hydrogen-bond acceptors (Lipinski definition) is 5. The molecule has 24 heavy (non-hydrogen) atoms. The van der Waals surface area contributed by atoms with E-state index in [1.165, 1.54) is 0 Å². The van der Waals surface area contributed by atoms with Gasteiger partial charge in [0, 0.05) is 37.0 Å². The molecule has 0 unspecified atom stereocenters. The second kappa shape index (κ2) is 7.11. The highest BCUT2D eigenvalue weighted by molar-refractivity contribution is 5.79. The summed E-state index contributed by atoms with van der Waals surface area (Å²) >= 11 is 0. The van der Waals surface area contributed by atoms with Crippen molar-refractivity contribution in [2.45, 2.75) is 39.5 Å². The van der Waals surface area contributed by atoms with E-state index >= 15 is 0 Å². The third-order valence-corrected chi connectivity index (χ3v) is 4.96. The highest BCUT2D eigenvalue weighted by Gasteiger charge is 2.38. The van der Waals surface area contributed by atoms with Crippen molar-refractivity contribution in [3.8, 4) is 11.4 Å². The monoisotopic (exact) mass is 328 g/mol. The van der Waals surface area contributed by atoms with Crippen molar-refractivity contribution < 1.29 is 9.32 Å². The van der Waals surface area contributed by atoms with Gasteiger partial charge < -0.3 is 9.42 Å². The molecule has 6 heteroatoms. The molecule has 1 aliphatic heterocycles. The standard InChI is InChI=1S/C18H24N4O2/c1-4-13(5-2)18(23)22-10-12(3)15(11-22)17-20-16(21-24-17)14-6-8-19-9-7-14/h6-9,12-13,15H,4-5,10-11H2,1-3H3/t12-,15-/m0/s1. The maximum absolute atomic E-state index is 12.6. The Kier molecular flexibility index (Phi) is 4.92. The minimum Gasteiger partial charge on any atom is -0.341 e. The lowest BCUT2D eigenvalue weighted by molar-refractivity contribution is -0.134. The quantitative estimate of drug-likeness (QED) is 0.843. The number of hydrogen-bond donors (Lipinski definition) is 0. The zero-order chi connectivity index (χ0) is 17.1. The van der Waals surface area contributed by atoms with Crippen molar-refractivity contribution in [2.75, 3.05) is 13.1 Å². The largest absolute Gasteiger partial charge is 0.341 e. The average molecular weight is 328 g/mol. The van der Waals surface area contributed by atoms with E-state index in [0.29, 0.717) is 24.2 Å². The van der Waals surface area contributed by atoms with Gasteiger partial charge in [-0.1, -0.05) is 25.9 Å². The Balaban J connectivity index is 1.74. The van der Waals surface area contributed by atoms with Gasteiger partial charge in [0.25, 0.3) is 0 Å². The van der Waals surface area contributed by atoms with Crippen LogP contribution in [0.15, 0.2) is 29.0 Å². The number of aromatic nitrogens is 3. The molecule has 1 fully saturated rings. The molecule has 0 radical (unpaired) electrons. The number of pyridine rings is 1. The number of likely N-dealkylation sites (tertiary alicyclic amines) is 1. The maximum Gasteiger partial charge on any atom is 0.232 e. The fraction of sp³-hybridized carbons (Fsp3) is 0.556. The summed E-state index contributed by atoms with van der Waals surface area (Å²) in [7, 11) is 0. The smallest absolute Gasteiger partial charge is 0.232 e. The lowest BCUT2D eigenvalue weighted by Crippen LogP contribution is -2.34. The summed E-state index contributed by atoms with van der Waals surface area (Å²) < 4.78 is 5.50. The van der Waals surface area contributed by atoms with Crippen molar-refractivity contribution in [2.24, 2.45) is 11.8 Å². The lowest BCUT2D eigenvalue weighted by Gasteiger charge is -2.21. The zero-order valence-electron chi connectivity index (χ0n) is 14.5. The van der Waals surface area contributed by atoms with Crippen LogP contribution in [0.25, 0.3) is 11.4 Å². The van der Waals surface area contributed by atoms with Gasteiger partial charge in [0.1, 0.15) is 0 Å². The summed E-state index contributed by atoms with van der Waals surface area (Å²) in [6.45, 7) is 7.70. The first kappa shape index (κ1) is 16.6. The third kappa shape index (κ3) is 3.18. The van der Waals surface area contributed by atoms with E-state index in [2.05, 4.69) is 35.9 Å². The van der Waals surface area contributed by atoms with Crippen molar-refractivity contribution in [1.82, 2.24) is 20.0 Å². The van der Waals surface area contributed by atoms with Gasteiger partial charge >= 0.3 is 0 Å². The summed E-state index contributed by atoms with van der Waals surface area (Å²) in [4.78, 5) is 23.1. The van der Waals surface area contributed by atoms with Gasteiger partial charge in [0.05, 0.1) is 5.92 Å². The van der Waals surface area contributed by atoms with E-state index < -0.39 is 0 Å². The van der Waals surface area contributed by atoms with Gasteiger partial charge in [-0.3, -0.25) is 9.78 Å². The summed E-state index contributed by atoms with van der Waals surface area (Å²) in [5, 5.41) is 4.09. The lowest BCUT2D eigenvalue weighted by atomic mass is 9.98. The first-order valence-electron chi connectivity index (χ1n) is 8.66. The van der Waals surface area contributed by atoms with E-state index in [4.69, 9.17) is 4.52 Å². The van der Waals surface area contributed by atoms with Gasteiger partial charge in [-0.25, -0.2) is 0 Å². The first-order chi connectivity index (χ1) is 11.6. The number of amides is 1. The number of rotatable bonds is 5. The van der Waals surface area contributed by atoms with Crippen LogP contribution in [0.2, 0.25) is 0 Å². The van der Waals surface area contributed by atoms with Gasteiger partial charge in [-0.2, -0.15) is 4.98 Å². The van der Waals surface area contributed by atoms with Crippen LogP contribution in [-0.4, -0.2) is 39.0 Å². The van der Waals surface area contributed by atoms with Gasteiger partial charge in [0.2, 0.25) is 17.6 Å². The van der Waals surface area contributed by atoms with Gasteiger partial charge in [0.15, 0.2) is 0 Å². The van der Waals surface area contributed by atoms with Gasteiger partial charge in [-0.15, -0.1) is 0 Å². The summed E-state index contributed by atoms with van der Waals surface area (Å²) in [5.41, 5.74) is 0.885. The van der Waals surface area contributed by atoms with Crippen LogP contribution in [0.5, 0.6) is 0 Å². The number of carbonyl (C=O) groups is 1. The molecule has 0 aromatic carbocycles. The minimum atomic E-state index is 0.103. The van der Waals surface area contributed by atoms with Gasteiger partial charge in [-0.05, 0) is 30.9 Å². The van der Waals surface area contributed by atoms with Crippen LogP contribution in [0, 0.1) is 11.8 Å². The van der Waals surface area contributed by atoms with Crippen LogP contribution in [0.4, 0.5) is 0 Å². The van der Waals surface area contributed by atoms with Crippen molar-refractivity contribution in [3.05, 3.63) is 30.4 Å². The van der Waals surface area contributed by atoms with Crippen LogP contribution >= 0.6 is 0 Å². The first-order valence-corrected chi connectivity index (χ1v) is 8.66. The summed E-state index contributed by atoms with van der Waals surface area (Å²) in [5.74, 6) is 1.98. The zero-order valence-corrected chi connectivity index (χ0v) is 14.5. The molecule has 1 amide bonds. The molecule has 2 atom stereocenters. The molecule has 1 aliphatic rings. The Hall–Kier alpha value is -2.24. The molecule has 3 rings (SSSR count). The molecule has 1 saturated heterocycles. The van der Waals surface area contributed by atoms with Crippen molar-refractivity contribution in [1.29, 1.82) is 0 Å². The average Bonchev–Trinajstić information content (AvgIpc) is 3.23. The molecule has 2 aromatic rings. The second-order valence-corrected chi connectivity index (χ2v) is 6.53. The third-order valence-electron chi connectivity index (χ3n) is 4.96. The van der Waals surface area contributed by atoms with E-state index in [0.717, 1.165) is 24.9 Å². The normalized spacial score (nSPS) is 20.8. The molecule has 2 aromatic heterocycles. The predicted molar refractivity (Wildman–Crippen MR) is 90.1 cm³/mol. The number of nitrogens with zero attached hydrogens (tertiary/aromatic N) is 4. The Bertz CT molecular complexity index is 681. The Labute approximate surface area is 142 Å². The van der Waals surface area contributed by atoms with E-state index in [-0.39, 0.29) is 17.7 Å². The van der Waals surface area contributed by atoms with E-state index in [1.807, 2.05) is 17.0 Å². The van der Waals surface area contributed by atoms with E-state index in [1.54, 1.807) is 12.4 Å². The highest BCUT2D eigenvalue weighted by atomic mass is 16.5. The molecule has 6 nitrogen and oxygen atoms in total. The van der Waals surface area contributed by atoms with Crippen LogP contribution in [-0.2, 0) is 4.79 Å². The van der Waals surface area contributed by atoms with Crippen molar-refractivity contribution in [3.63, 3.8) is 0 Å². The Morgan fingerprint density at radius 1 is 1.29 bits per heavy atom. The van der Waals surface area contributed by atoms with E-state index in [9.17, 15) is 4.79 Å². The Morgan fingerprint density at radius 2 is 2.00 bits per heavy atom. The molecule has 0 spiro atoms. The fourth-order valence-corrected chi connectivity index (χ4v) is 3.37. The molecule has 128 valence electrons. The molecular formula is C18H24N4O2. The maximum atomic E-state index is 12.6. The fourth-order valence-electron chi connectivity index (χ4n) is 3.37. The van der Waals surface area contributed by atoms with Crippen LogP contribution in [0.3, 0.4) is 0 Å². The molecule has 0 saturated carbocycles. The molecule has 3 heterocycles. The second-order valence-electron chi connectivity index (χ2n) is 6.53. The highest BCUT2D eigenvalue weighted by Crippen LogP contribution is 2.33. The summed E-state index contributed by atoms with van der Waals surface area (Å²) in [6, 6.07) is 3.71. The molecule has 0 bridgehead atoms. The molecular weight excluding hydrogens is 304 g/mol. The van der Waals surface area contributed by atoms with Crippen LogP contribution in [0.1, 0.15) is 45.4 Å². The SMILES string of the molecule is CCC(CC)C(=O)N1C[C@H](c2nc(-c3ccncc3)no2)[C@@H](C)C1. The minimum absolute atomic E-state index is 0.103. The van der Waals surface area contributed by atoms with Crippen molar-refractivity contribution >= 4 is 5.91 Å². The van der Waals surface area contributed by atoms with Crippen LogP contribution < -0.4 is 0 Å². The molecule has 0 N–H and O–H groups in total. The Morgan fingerprint density at radius 3 is 2.67 bits per heavy atom. The predicted octanol–water partition coefficient (Wildman–Crippen LogP) is 3.13. The summed E-state index contributed by atoms with van der Waals surface area (Å²) in [6.07, 6.45) is 5.19. The molecule has 0 aliphatic carbocycles.